The summed E-state index contributed by atoms with van der Waals surface area (Å²) in [5.41, 5.74) is 7.06. The van der Waals surface area contributed by atoms with E-state index in [1.54, 1.807) is 18.2 Å². The Labute approximate surface area is 129 Å². The predicted molar refractivity (Wildman–Crippen MR) is 79.0 cm³/mol. The molecule has 106 valence electrons. The van der Waals surface area contributed by atoms with Gasteiger partial charge in [0.2, 0.25) is 0 Å². The van der Waals surface area contributed by atoms with E-state index in [4.69, 9.17) is 28.9 Å². The topological polar surface area (TPSA) is 69.6 Å². The third-order valence-corrected chi connectivity index (χ3v) is 3.42. The highest BCUT2D eigenvalue weighted by atomic mass is 35.5. The number of hydrogen-bond acceptors (Lipinski definition) is 4. The fourth-order valence-corrected chi connectivity index (χ4v) is 2.25. The lowest BCUT2D eigenvalue weighted by molar-refractivity contribution is 0.628. The van der Waals surface area contributed by atoms with Gasteiger partial charge in [-0.25, -0.2) is 4.39 Å². The van der Waals surface area contributed by atoms with Crippen molar-refractivity contribution in [3.63, 3.8) is 0 Å². The highest BCUT2D eigenvalue weighted by molar-refractivity contribution is 6.34. The van der Waals surface area contributed by atoms with E-state index in [1.165, 1.54) is 22.9 Å². The van der Waals surface area contributed by atoms with Crippen molar-refractivity contribution in [3.8, 4) is 17.1 Å². The monoisotopic (exact) mass is 323 g/mol. The smallest absolute Gasteiger partial charge is 0.189 e. The number of hydrogen-bond donors (Lipinski definition) is 1. The van der Waals surface area contributed by atoms with Crippen molar-refractivity contribution >= 4 is 28.9 Å². The minimum atomic E-state index is -0.439. The van der Waals surface area contributed by atoms with Gasteiger partial charge in [0.1, 0.15) is 5.82 Å². The van der Waals surface area contributed by atoms with Crippen LogP contribution < -0.4 is 5.73 Å². The fraction of sp³-hybridized carbons (Fsp3) is 0. The third kappa shape index (κ3) is 2.55. The van der Waals surface area contributed by atoms with E-state index in [2.05, 4.69) is 15.5 Å². The number of tetrazole rings is 1. The molecule has 8 heteroatoms. The molecule has 0 unspecified atom stereocenters. The lowest BCUT2D eigenvalue weighted by Crippen LogP contribution is -2.03. The largest absolute Gasteiger partial charge is 0.398 e. The predicted octanol–water partition coefficient (Wildman–Crippen LogP) is 3.36. The standard InChI is InChI=1S/C13H8Cl2FN5/c14-7-1-3-10(15)12(5-7)21-13(18-19-20-21)9-6-8(16)2-4-11(9)17/h1-6H,17H2. The van der Waals surface area contributed by atoms with Gasteiger partial charge in [-0.15, -0.1) is 5.10 Å². The number of benzene rings is 2. The summed E-state index contributed by atoms with van der Waals surface area (Å²) in [6, 6.07) is 8.85. The Bertz CT molecular complexity index is 752. The Morgan fingerprint density at radius 1 is 1.10 bits per heavy atom. The Morgan fingerprint density at radius 2 is 1.90 bits per heavy atom. The van der Waals surface area contributed by atoms with Crippen LogP contribution in [0.25, 0.3) is 17.1 Å². The van der Waals surface area contributed by atoms with Gasteiger partial charge in [0.05, 0.1) is 10.7 Å². The zero-order valence-electron chi connectivity index (χ0n) is 10.5. The summed E-state index contributed by atoms with van der Waals surface area (Å²) in [5.74, 6) is -0.165. The molecule has 0 spiro atoms. The molecule has 0 amide bonds. The number of halogens is 3. The van der Waals surface area contributed by atoms with Gasteiger partial charge in [0, 0.05) is 16.3 Å². The molecule has 3 aromatic rings. The van der Waals surface area contributed by atoms with Crippen molar-refractivity contribution in [3.05, 3.63) is 52.3 Å². The van der Waals surface area contributed by atoms with E-state index >= 15 is 0 Å². The van der Waals surface area contributed by atoms with E-state index in [-0.39, 0.29) is 5.82 Å². The average molecular weight is 324 g/mol. The van der Waals surface area contributed by atoms with Gasteiger partial charge in [-0.05, 0) is 46.8 Å². The van der Waals surface area contributed by atoms with Crippen LogP contribution >= 0.6 is 23.2 Å². The minimum absolute atomic E-state index is 0.274. The fourth-order valence-electron chi connectivity index (χ4n) is 1.89. The number of aromatic nitrogens is 4. The van der Waals surface area contributed by atoms with Gasteiger partial charge >= 0.3 is 0 Å². The summed E-state index contributed by atoms with van der Waals surface area (Å²) in [7, 11) is 0. The van der Waals surface area contributed by atoms with E-state index in [9.17, 15) is 4.39 Å². The second-order valence-corrected chi connectivity index (χ2v) is 5.09. The first-order chi connectivity index (χ1) is 10.1. The van der Waals surface area contributed by atoms with E-state index in [0.717, 1.165) is 0 Å². The lowest BCUT2D eigenvalue weighted by Gasteiger charge is -2.09. The third-order valence-electron chi connectivity index (χ3n) is 2.86. The molecule has 1 heterocycles. The molecule has 0 fully saturated rings. The molecule has 0 atom stereocenters. The average Bonchev–Trinajstić information content (AvgIpc) is 2.93. The maximum atomic E-state index is 13.4. The number of anilines is 1. The molecule has 0 radical (unpaired) electrons. The van der Waals surface area contributed by atoms with Crippen LogP contribution in [0.15, 0.2) is 36.4 Å². The second kappa shape index (κ2) is 5.31. The first-order valence-electron chi connectivity index (χ1n) is 5.85. The molecule has 21 heavy (non-hydrogen) atoms. The van der Waals surface area contributed by atoms with Crippen molar-refractivity contribution < 1.29 is 4.39 Å². The van der Waals surface area contributed by atoms with Gasteiger partial charge < -0.3 is 5.73 Å². The Morgan fingerprint density at radius 3 is 2.71 bits per heavy atom. The molecular weight excluding hydrogens is 316 g/mol. The van der Waals surface area contributed by atoms with Crippen molar-refractivity contribution in [2.75, 3.05) is 5.73 Å². The Hall–Kier alpha value is -2.18. The Kier molecular flexibility index (Phi) is 3.48. The van der Waals surface area contributed by atoms with Crippen LogP contribution in [0.4, 0.5) is 10.1 Å². The molecule has 0 aliphatic rings. The molecule has 0 aliphatic heterocycles. The zero-order chi connectivity index (χ0) is 15.0. The maximum absolute atomic E-state index is 13.4. The van der Waals surface area contributed by atoms with Gasteiger partial charge in [0.15, 0.2) is 5.82 Å². The number of rotatable bonds is 2. The first kappa shape index (κ1) is 13.8. The van der Waals surface area contributed by atoms with E-state index in [0.29, 0.717) is 27.0 Å². The maximum Gasteiger partial charge on any atom is 0.189 e. The van der Waals surface area contributed by atoms with E-state index in [1.807, 2.05) is 0 Å². The van der Waals surface area contributed by atoms with Gasteiger partial charge in [-0.1, -0.05) is 23.2 Å². The molecule has 5 nitrogen and oxygen atoms in total. The zero-order valence-corrected chi connectivity index (χ0v) is 12.0. The molecule has 3 rings (SSSR count). The Balaban J connectivity index is 2.22. The molecule has 2 N–H and O–H groups in total. The summed E-state index contributed by atoms with van der Waals surface area (Å²) in [4.78, 5) is 0. The van der Waals surface area contributed by atoms with Crippen LogP contribution in [-0.4, -0.2) is 20.2 Å². The summed E-state index contributed by atoms with van der Waals surface area (Å²) >= 11 is 12.1. The summed E-state index contributed by atoms with van der Waals surface area (Å²) in [5, 5.41) is 12.2. The first-order valence-corrected chi connectivity index (χ1v) is 6.61. The van der Waals surface area contributed by atoms with Crippen LogP contribution in [0, 0.1) is 5.82 Å². The normalized spacial score (nSPS) is 10.8. The van der Waals surface area contributed by atoms with Crippen molar-refractivity contribution in [1.29, 1.82) is 0 Å². The summed E-state index contributed by atoms with van der Waals surface area (Å²) in [6.45, 7) is 0. The van der Waals surface area contributed by atoms with Crippen molar-refractivity contribution in [1.82, 2.24) is 20.2 Å². The SMILES string of the molecule is Nc1ccc(F)cc1-c1nnnn1-c1cc(Cl)ccc1Cl. The van der Waals surface area contributed by atoms with Crippen LogP contribution in [0.2, 0.25) is 10.0 Å². The van der Waals surface area contributed by atoms with Crippen LogP contribution in [0.3, 0.4) is 0 Å². The molecule has 2 aromatic carbocycles. The molecule has 1 aromatic heterocycles. The quantitative estimate of drug-likeness (QED) is 0.734. The lowest BCUT2D eigenvalue weighted by atomic mass is 10.1. The molecule has 0 saturated heterocycles. The highest BCUT2D eigenvalue weighted by Gasteiger charge is 2.16. The number of nitrogens with zero attached hydrogens (tertiary/aromatic N) is 4. The van der Waals surface area contributed by atoms with Gasteiger partial charge in [0.25, 0.3) is 0 Å². The number of nitrogens with two attached hydrogens (primary N) is 1. The molecule has 0 saturated carbocycles. The molecular formula is C13H8Cl2FN5. The van der Waals surface area contributed by atoms with Crippen LogP contribution in [0.5, 0.6) is 0 Å². The van der Waals surface area contributed by atoms with Crippen molar-refractivity contribution in [2.45, 2.75) is 0 Å². The number of nitrogen functional groups attached to an aromatic ring is 1. The van der Waals surface area contributed by atoms with E-state index < -0.39 is 5.82 Å². The summed E-state index contributed by atoms with van der Waals surface area (Å²) in [6.07, 6.45) is 0. The van der Waals surface area contributed by atoms with Gasteiger partial charge in [-0.3, -0.25) is 0 Å². The van der Waals surface area contributed by atoms with Gasteiger partial charge in [-0.2, -0.15) is 4.68 Å². The minimum Gasteiger partial charge on any atom is -0.398 e. The molecule has 0 bridgehead atoms. The van der Waals surface area contributed by atoms with Crippen molar-refractivity contribution in [2.24, 2.45) is 0 Å². The van der Waals surface area contributed by atoms with Crippen LogP contribution in [0.1, 0.15) is 0 Å². The van der Waals surface area contributed by atoms with Crippen LogP contribution in [-0.2, 0) is 0 Å². The molecule has 0 aliphatic carbocycles. The highest BCUT2D eigenvalue weighted by Crippen LogP contribution is 2.30. The summed E-state index contributed by atoms with van der Waals surface area (Å²) < 4.78 is 14.8. The second-order valence-electron chi connectivity index (χ2n) is 4.24.